The standard InChI is InChI=1S/C13H19N3O/c1-3-14-11-9-8-17-7-4-10(9)15-12(16-11)13(2)5-6-13/h3-8H2,1-2H3,(H,14,15,16). The van der Waals surface area contributed by atoms with E-state index < -0.39 is 0 Å². The molecule has 1 aliphatic heterocycles. The zero-order chi connectivity index (χ0) is 11.9. The smallest absolute Gasteiger partial charge is 0.136 e. The number of hydrogen-bond donors (Lipinski definition) is 1. The van der Waals surface area contributed by atoms with E-state index in [9.17, 15) is 0 Å². The Hall–Kier alpha value is -1.16. The van der Waals surface area contributed by atoms with Crippen molar-refractivity contribution in [2.45, 2.75) is 45.1 Å². The van der Waals surface area contributed by atoms with Crippen molar-refractivity contribution in [2.75, 3.05) is 18.5 Å². The van der Waals surface area contributed by atoms with Gasteiger partial charge in [0.25, 0.3) is 0 Å². The zero-order valence-electron chi connectivity index (χ0n) is 10.5. The Kier molecular flexibility index (Phi) is 2.54. The first kappa shape index (κ1) is 11.0. The maximum Gasteiger partial charge on any atom is 0.136 e. The van der Waals surface area contributed by atoms with Crippen LogP contribution in [0.3, 0.4) is 0 Å². The Bertz CT molecular complexity index is 441. The highest BCUT2D eigenvalue weighted by Gasteiger charge is 2.42. The van der Waals surface area contributed by atoms with Crippen LogP contribution in [0.1, 0.15) is 43.8 Å². The summed E-state index contributed by atoms with van der Waals surface area (Å²) in [6, 6.07) is 0. The normalized spacial score (nSPS) is 20.8. The summed E-state index contributed by atoms with van der Waals surface area (Å²) in [5.41, 5.74) is 2.58. The quantitative estimate of drug-likeness (QED) is 0.867. The van der Waals surface area contributed by atoms with E-state index in [4.69, 9.17) is 14.7 Å². The van der Waals surface area contributed by atoms with Crippen LogP contribution in [0.25, 0.3) is 0 Å². The number of nitrogens with zero attached hydrogens (tertiary/aromatic N) is 2. The first-order valence-corrected chi connectivity index (χ1v) is 6.45. The third kappa shape index (κ3) is 1.90. The number of hydrogen-bond acceptors (Lipinski definition) is 4. The lowest BCUT2D eigenvalue weighted by Crippen LogP contribution is -2.20. The summed E-state index contributed by atoms with van der Waals surface area (Å²) in [5.74, 6) is 2.01. The van der Waals surface area contributed by atoms with Crippen molar-refractivity contribution in [3.05, 3.63) is 17.1 Å². The van der Waals surface area contributed by atoms with Crippen molar-refractivity contribution in [1.29, 1.82) is 0 Å². The van der Waals surface area contributed by atoms with Crippen molar-refractivity contribution in [2.24, 2.45) is 0 Å². The van der Waals surface area contributed by atoms with Crippen LogP contribution in [0.2, 0.25) is 0 Å². The van der Waals surface area contributed by atoms with E-state index in [1.807, 2.05) is 0 Å². The zero-order valence-corrected chi connectivity index (χ0v) is 10.5. The van der Waals surface area contributed by atoms with Crippen LogP contribution in [0, 0.1) is 0 Å². The third-order valence-electron chi connectivity index (χ3n) is 3.71. The number of rotatable bonds is 3. The average molecular weight is 233 g/mol. The summed E-state index contributed by atoms with van der Waals surface area (Å²) in [6.07, 6.45) is 3.35. The molecule has 17 heavy (non-hydrogen) atoms. The number of aromatic nitrogens is 2. The van der Waals surface area contributed by atoms with Gasteiger partial charge in [-0.2, -0.15) is 0 Å². The second-order valence-corrected chi connectivity index (χ2v) is 5.21. The monoisotopic (exact) mass is 233 g/mol. The highest BCUT2D eigenvalue weighted by molar-refractivity contribution is 5.48. The molecule has 0 amide bonds. The van der Waals surface area contributed by atoms with Gasteiger partial charge in [0, 0.05) is 23.9 Å². The highest BCUT2D eigenvalue weighted by atomic mass is 16.5. The van der Waals surface area contributed by atoms with Gasteiger partial charge < -0.3 is 10.1 Å². The van der Waals surface area contributed by atoms with E-state index in [0.29, 0.717) is 6.61 Å². The van der Waals surface area contributed by atoms with Crippen molar-refractivity contribution in [3.8, 4) is 0 Å². The Morgan fingerprint density at radius 3 is 2.88 bits per heavy atom. The molecule has 1 aromatic heterocycles. The molecule has 0 bridgehead atoms. The van der Waals surface area contributed by atoms with Gasteiger partial charge in [-0.05, 0) is 19.8 Å². The van der Waals surface area contributed by atoms with Crippen LogP contribution < -0.4 is 5.32 Å². The molecular weight excluding hydrogens is 214 g/mol. The molecule has 3 rings (SSSR count). The minimum Gasteiger partial charge on any atom is -0.376 e. The van der Waals surface area contributed by atoms with Crippen LogP contribution in [0.15, 0.2) is 0 Å². The molecule has 1 fully saturated rings. The van der Waals surface area contributed by atoms with Crippen LogP contribution >= 0.6 is 0 Å². The van der Waals surface area contributed by atoms with Gasteiger partial charge >= 0.3 is 0 Å². The predicted octanol–water partition coefficient (Wildman–Crippen LogP) is 2.03. The van der Waals surface area contributed by atoms with Crippen LogP contribution in [-0.2, 0) is 23.2 Å². The lowest BCUT2D eigenvalue weighted by Gasteiger charge is -2.21. The third-order valence-corrected chi connectivity index (χ3v) is 3.71. The van der Waals surface area contributed by atoms with Crippen LogP contribution in [0.4, 0.5) is 5.82 Å². The van der Waals surface area contributed by atoms with Gasteiger partial charge in [-0.1, -0.05) is 6.92 Å². The second kappa shape index (κ2) is 3.95. The molecule has 0 radical (unpaired) electrons. The molecule has 1 saturated carbocycles. The molecule has 92 valence electrons. The number of fused-ring (bicyclic) bond motifs is 1. The second-order valence-electron chi connectivity index (χ2n) is 5.21. The fourth-order valence-electron chi connectivity index (χ4n) is 2.23. The van der Waals surface area contributed by atoms with Gasteiger partial charge in [0.15, 0.2) is 0 Å². The average Bonchev–Trinajstić information content (AvgIpc) is 3.09. The fraction of sp³-hybridized carbons (Fsp3) is 0.692. The summed E-state index contributed by atoms with van der Waals surface area (Å²) < 4.78 is 5.50. The van der Waals surface area contributed by atoms with Crippen molar-refractivity contribution >= 4 is 5.82 Å². The molecule has 0 atom stereocenters. The molecule has 0 spiro atoms. The summed E-state index contributed by atoms with van der Waals surface area (Å²) in [4.78, 5) is 9.47. The summed E-state index contributed by atoms with van der Waals surface area (Å²) in [7, 11) is 0. The van der Waals surface area contributed by atoms with E-state index in [0.717, 1.165) is 36.8 Å². The topological polar surface area (TPSA) is 47.0 Å². The van der Waals surface area contributed by atoms with E-state index >= 15 is 0 Å². The van der Waals surface area contributed by atoms with Crippen LogP contribution in [0.5, 0.6) is 0 Å². The summed E-state index contributed by atoms with van der Waals surface area (Å²) in [6.45, 7) is 6.67. The van der Waals surface area contributed by atoms with Gasteiger partial charge in [0.2, 0.25) is 0 Å². The van der Waals surface area contributed by atoms with Crippen molar-refractivity contribution in [1.82, 2.24) is 9.97 Å². The molecule has 4 heteroatoms. The Morgan fingerprint density at radius 1 is 1.35 bits per heavy atom. The molecule has 1 aromatic rings. The fourth-order valence-corrected chi connectivity index (χ4v) is 2.23. The Morgan fingerprint density at radius 2 is 2.18 bits per heavy atom. The van der Waals surface area contributed by atoms with Crippen molar-refractivity contribution in [3.63, 3.8) is 0 Å². The molecule has 1 N–H and O–H groups in total. The number of nitrogens with one attached hydrogen (secondary N) is 1. The molecule has 0 unspecified atom stereocenters. The molecule has 4 nitrogen and oxygen atoms in total. The van der Waals surface area contributed by atoms with Gasteiger partial charge in [-0.25, -0.2) is 9.97 Å². The lowest BCUT2D eigenvalue weighted by molar-refractivity contribution is 0.109. The van der Waals surface area contributed by atoms with Crippen molar-refractivity contribution < 1.29 is 4.74 Å². The van der Waals surface area contributed by atoms with E-state index in [1.165, 1.54) is 18.5 Å². The maximum atomic E-state index is 5.50. The molecular formula is C13H19N3O. The predicted molar refractivity (Wildman–Crippen MR) is 66.1 cm³/mol. The highest BCUT2D eigenvalue weighted by Crippen LogP contribution is 2.46. The van der Waals surface area contributed by atoms with Gasteiger partial charge in [0.05, 0.1) is 18.9 Å². The van der Waals surface area contributed by atoms with E-state index in [2.05, 4.69) is 19.2 Å². The Balaban J connectivity index is 2.05. The first-order valence-electron chi connectivity index (χ1n) is 6.45. The van der Waals surface area contributed by atoms with E-state index in [-0.39, 0.29) is 5.41 Å². The van der Waals surface area contributed by atoms with E-state index in [1.54, 1.807) is 0 Å². The molecule has 0 saturated heterocycles. The minimum atomic E-state index is 0.234. The largest absolute Gasteiger partial charge is 0.376 e. The minimum absolute atomic E-state index is 0.234. The Labute approximate surface area is 102 Å². The molecule has 2 heterocycles. The number of anilines is 1. The molecule has 0 aromatic carbocycles. The van der Waals surface area contributed by atoms with Gasteiger partial charge in [0.1, 0.15) is 11.6 Å². The maximum absolute atomic E-state index is 5.50. The lowest BCUT2D eigenvalue weighted by atomic mass is 10.1. The first-order chi connectivity index (χ1) is 8.23. The van der Waals surface area contributed by atoms with Crippen LogP contribution in [-0.4, -0.2) is 23.1 Å². The number of ether oxygens (including phenoxy) is 1. The molecule has 2 aliphatic rings. The SMILES string of the molecule is CCNc1nc(C2(C)CC2)nc2c1COCC2. The summed E-state index contributed by atoms with van der Waals surface area (Å²) in [5, 5.41) is 3.34. The molecule has 1 aliphatic carbocycles. The van der Waals surface area contributed by atoms with Gasteiger partial charge in [-0.15, -0.1) is 0 Å². The van der Waals surface area contributed by atoms with Gasteiger partial charge in [-0.3, -0.25) is 0 Å². The summed E-state index contributed by atoms with van der Waals surface area (Å²) >= 11 is 0.